The molecule has 0 saturated heterocycles. The molecule has 0 spiro atoms. The summed E-state index contributed by atoms with van der Waals surface area (Å²) in [5.74, 6) is 0.732. The Labute approximate surface area is 136 Å². The van der Waals surface area contributed by atoms with Crippen molar-refractivity contribution in [3.8, 4) is 0 Å². The molecule has 3 heterocycles. The molecule has 0 aromatic carbocycles. The molecule has 3 aromatic heterocycles. The first-order valence-corrected chi connectivity index (χ1v) is 7.82. The standard InChI is InChI=1S/C12H8F3N5OS2/c13-12(14,15)8-3-4-16-9(18-8)22-11-20-19-10(23-11)17-6-7-2-1-5-21-7/h1-5H,6H2,(H,17,19). The summed E-state index contributed by atoms with van der Waals surface area (Å²) in [6.45, 7) is 0.437. The minimum absolute atomic E-state index is 0.0337. The van der Waals surface area contributed by atoms with Crippen molar-refractivity contribution in [2.45, 2.75) is 22.2 Å². The minimum atomic E-state index is -4.50. The maximum atomic E-state index is 12.6. The predicted octanol–water partition coefficient (Wildman–Crippen LogP) is 3.70. The van der Waals surface area contributed by atoms with Crippen LogP contribution in [0.4, 0.5) is 18.3 Å². The van der Waals surface area contributed by atoms with Crippen LogP contribution < -0.4 is 5.32 Å². The highest BCUT2D eigenvalue weighted by molar-refractivity contribution is 8.00. The van der Waals surface area contributed by atoms with Crippen LogP contribution in [0.2, 0.25) is 0 Å². The lowest BCUT2D eigenvalue weighted by Crippen LogP contribution is -2.08. The Hall–Kier alpha value is -2.14. The molecule has 0 saturated carbocycles. The Balaban J connectivity index is 1.65. The molecule has 0 fully saturated rings. The second-order valence-corrected chi connectivity index (χ2v) is 6.32. The quantitative estimate of drug-likeness (QED) is 0.696. The molecule has 0 aliphatic heterocycles. The van der Waals surface area contributed by atoms with E-state index < -0.39 is 11.9 Å². The third kappa shape index (κ3) is 4.20. The molecule has 120 valence electrons. The Kier molecular flexibility index (Phi) is 4.48. The number of halogens is 3. The van der Waals surface area contributed by atoms with Crippen molar-refractivity contribution in [3.05, 3.63) is 42.1 Å². The van der Waals surface area contributed by atoms with E-state index in [0.717, 1.165) is 29.8 Å². The van der Waals surface area contributed by atoms with Crippen LogP contribution in [0, 0.1) is 0 Å². The van der Waals surface area contributed by atoms with Crippen molar-refractivity contribution in [3.63, 3.8) is 0 Å². The first-order valence-electron chi connectivity index (χ1n) is 6.18. The maximum Gasteiger partial charge on any atom is 0.433 e. The molecule has 0 aliphatic rings. The topological polar surface area (TPSA) is 76.7 Å². The van der Waals surface area contributed by atoms with Gasteiger partial charge in [0.05, 0.1) is 12.8 Å². The lowest BCUT2D eigenvalue weighted by Gasteiger charge is -2.05. The van der Waals surface area contributed by atoms with Crippen molar-refractivity contribution >= 4 is 28.2 Å². The fourth-order valence-electron chi connectivity index (χ4n) is 1.52. The zero-order valence-electron chi connectivity index (χ0n) is 11.2. The molecule has 3 aromatic rings. The number of nitrogens with one attached hydrogen (secondary N) is 1. The molecule has 0 bridgehead atoms. The largest absolute Gasteiger partial charge is 0.467 e. The van der Waals surface area contributed by atoms with Crippen molar-refractivity contribution in [2.24, 2.45) is 0 Å². The maximum absolute atomic E-state index is 12.6. The van der Waals surface area contributed by atoms with Gasteiger partial charge in [0, 0.05) is 6.20 Å². The number of alkyl halides is 3. The number of furan rings is 1. The van der Waals surface area contributed by atoms with Gasteiger partial charge in [-0.3, -0.25) is 0 Å². The van der Waals surface area contributed by atoms with Crippen LogP contribution in [0.25, 0.3) is 0 Å². The number of hydrogen-bond donors (Lipinski definition) is 1. The number of rotatable bonds is 5. The van der Waals surface area contributed by atoms with Crippen LogP contribution in [-0.2, 0) is 12.7 Å². The molecule has 0 amide bonds. The van der Waals surface area contributed by atoms with E-state index in [9.17, 15) is 13.2 Å². The number of hydrogen-bond acceptors (Lipinski definition) is 8. The average molecular weight is 359 g/mol. The van der Waals surface area contributed by atoms with E-state index in [2.05, 4.69) is 25.5 Å². The smallest absolute Gasteiger partial charge is 0.433 e. The molecule has 1 N–H and O–H groups in total. The van der Waals surface area contributed by atoms with E-state index in [4.69, 9.17) is 4.42 Å². The first-order chi connectivity index (χ1) is 11.0. The molecule has 0 unspecified atom stereocenters. The summed E-state index contributed by atoms with van der Waals surface area (Å²) in [4.78, 5) is 7.26. The van der Waals surface area contributed by atoms with Crippen LogP contribution in [-0.4, -0.2) is 20.2 Å². The van der Waals surface area contributed by atoms with E-state index in [0.29, 0.717) is 16.0 Å². The van der Waals surface area contributed by atoms with Gasteiger partial charge in [-0.2, -0.15) is 13.2 Å². The van der Waals surface area contributed by atoms with E-state index in [1.165, 1.54) is 11.3 Å². The molecule has 11 heteroatoms. The molecule has 0 radical (unpaired) electrons. The molecule has 6 nitrogen and oxygen atoms in total. The summed E-state index contributed by atoms with van der Waals surface area (Å²) in [5.41, 5.74) is -0.990. The monoisotopic (exact) mass is 359 g/mol. The lowest BCUT2D eigenvalue weighted by molar-refractivity contribution is -0.141. The predicted molar refractivity (Wildman–Crippen MR) is 77.1 cm³/mol. The molecular formula is C12H8F3N5OS2. The van der Waals surface area contributed by atoms with Gasteiger partial charge in [0.1, 0.15) is 11.5 Å². The summed E-state index contributed by atoms with van der Waals surface area (Å²) >= 11 is 2.11. The second-order valence-electron chi connectivity index (χ2n) is 4.13. The van der Waals surface area contributed by atoms with Crippen LogP contribution >= 0.6 is 23.1 Å². The van der Waals surface area contributed by atoms with Gasteiger partial charge >= 0.3 is 6.18 Å². The van der Waals surface area contributed by atoms with Gasteiger partial charge in [0.25, 0.3) is 0 Å². The Morgan fingerprint density at radius 3 is 2.87 bits per heavy atom. The minimum Gasteiger partial charge on any atom is -0.467 e. The zero-order chi connectivity index (χ0) is 16.3. The van der Waals surface area contributed by atoms with Gasteiger partial charge in [-0.25, -0.2) is 9.97 Å². The van der Waals surface area contributed by atoms with E-state index >= 15 is 0 Å². The number of nitrogens with zero attached hydrogens (tertiary/aromatic N) is 4. The van der Waals surface area contributed by atoms with Gasteiger partial charge in [-0.05, 0) is 30.0 Å². The summed E-state index contributed by atoms with van der Waals surface area (Å²) in [7, 11) is 0. The molecule has 3 rings (SSSR count). The van der Waals surface area contributed by atoms with Gasteiger partial charge in [-0.15, -0.1) is 10.2 Å². The van der Waals surface area contributed by atoms with E-state index in [1.54, 1.807) is 18.4 Å². The van der Waals surface area contributed by atoms with Crippen LogP contribution in [0.15, 0.2) is 44.6 Å². The van der Waals surface area contributed by atoms with Crippen molar-refractivity contribution in [1.82, 2.24) is 20.2 Å². The third-order valence-corrected chi connectivity index (χ3v) is 4.31. The van der Waals surface area contributed by atoms with Gasteiger partial charge < -0.3 is 9.73 Å². The van der Waals surface area contributed by atoms with Crippen LogP contribution in [0.3, 0.4) is 0 Å². The Bertz CT molecular complexity index is 775. The molecule has 23 heavy (non-hydrogen) atoms. The van der Waals surface area contributed by atoms with Gasteiger partial charge in [0.15, 0.2) is 9.50 Å². The molecule has 0 aliphatic carbocycles. The summed E-state index contributed by atoms with van der Waals surface area (Å²) < 4.78 is 43.4. The normalized spacial score (nSPS) is 11.6. The van der Waals surface area contributed by atoms with Crippen LogP contribution in [0.1, 0.15) is 11.5 Å². The number of anilines is 1. The van der Waals surface area contributed by atoms with Crippen molar-refractivity contribution in [1.29, 1.82) is 0 Å². The third-order valence-electron chi connectivity index (χ3n) is 2.50. The van der Waals surface area contributed by atoms with E-state index in [1.807, 2.05) is 0 Å². The zero-order valence-corrected chi connectivity index (χ0v) is 12.9. The first kappa shape index (κ1) is 15.7. The lowest BCUT2D eigenvalue weighted by atomic mass is 10.4. The second kappa shape index (κ2) is 6.54. The van der Waals surface area contributed by atoms with Crippen molar-refractivity contribution in [2.75, 3.05) is 5.32 Å². The fraction of sp³-hybridized carbons (Fsp3) is 0.167. The Morgan fingerprint density at radius 1 is 1.26 bits per heavy atom. The Morgan fingerprint density at radius 2 is 2.13 bits per heavy atom. The highest BCUT2D eigenvalue weighted by Gasteiger charge is 2.32. The SMILES string of the molecule is FC(F)(F)c1ccnc(Sc2nnc(NCc3ccco3)s2)n1. The molecule has 0 atom stereocenters. The van der Waals surface area contributed by atoms with Gasteiger partial charge in [0.2, 0.25) is 5.13 Å². The summed E-state index contributed by atoms with van der Waals surface area (Å²) in [6.07, 6.45) is -1.88. The summed E-state index contributed by atoms with van der Waals surface area (Å²) in [6, 6.07) is 4.39. The van der Waals surface area contributed by atoms with E-state index in [-0.39, 0.29) is 5.16 Å². The average Bonchev–Trinajstić information content (AvgIpc) is 3.16. The van der Waals surface area contributed by atoms with Crippen LogP contribution in [0.5, 0.6) is 0 Å². The van der Waals surface area contributed by atoms with Gasteiger partial charge in [-0.1, -0.05) is 11.3 Å². The highest BCUT2D eigenvalue weighted by atomic mass is 32.2. The number of aromatic nitrogens is 4. The fourth-order valence-corrected chi connectivity index (χ4v) is 3.12. The molecular weight excluding hydrogens is 351 g/mol. The van der Waals surface area contributed by atoms with Crippen molar-refractivity contribution < 1.29 is 17.6 Å². The highest BCUT2D eigenvalue weighted by Crippen LogP contribution is 2.32. The summed E-state index contributed by atoms with van der Waals surface area (Å²) in [5, 5.41) is 11.3.